The first-order chi connectivity index (χ1) is 20.4. The maximum Gasteiger partial charge on any atom is 0.330 e. The van der Waals surface area contributed by atoms with Gasteiger partial charge in [0.2, 0.25) is 0 Å². The van der Waals surface area contributed by atoms with Gasteiger partial charge in [0.1, 0.15) is 12.2 Å². The summed E-state index contributed by atoms with van der Waals surface area (Å²) in [6.07, 6.45) is 8.94. The first kappa shape index (κ1) is 32.9. The molecular weight excluding hydrogens is 556 g/mol. The fourth-order valence-electron chi connectivity index (χ4n) is 12.9. The molecule has 2 N–H and O–H groups in total. The number of carbonyl (C=O) groups is 1. The van der Waals surface area contributed by atoms with Gasteiger partial charge in [0, 0.05) is 37.0 Å². The average Bonchev–Trinajstić information content (AvgIpc) is 3.27. The summed E-state index contributed by atoms with van der Waals surface area (Å²) in [7, 11) is 3.38. The zero-order valence-corrected chi connectivity index (χ0v) is 29.1. The predicted octanol–water partition coefficient (Wildman–Crippen LogP) is 6.44. The molecule has 1 unspecified atom stereocenters. The molecule has 6 fully saturated rings. The summed E-state index contributed by atoms with van der Waals surface area (Å²) in [5.74, 6) is 1.17. The minimum atomic E-state index is -0.733. The van der Waals surface area contributed by atoms with Crippen molar-refractivity contribution in [2.24, 2.45) is 50.7 Å². The highest BCUT2D eigenvalue weighted by Gasteiger charge is 2.86. The van der Waals surface area contributed by atoms with Gasteiger partial charge >= 0.3 is 5.97 Å². The van der Waals surface area contributed by atoms with Crippen molar-refractivity contribution in [1.29, 1.82) is 0 Å². The summed E-state index contributed by atoms with van der Waals surface area (Å²) in [4.78, 5) is 12.7. The second-order valence-electron chi connectivity index (χ2n) is 17.7. The maximum absolute atomic E-state index is 12.7. The number of aliphatic hydroxyl groups is 2. The predicted molar refractivity (Wildman–Crippen MR) is 168 cm³/mol. The first-order valence-corrected chi connectivity index (χ1v) is 17.4. The molecule has 44 heavy (non-hydrogen) atoms. The van der Waals surface area contributed by atoms with Crippen molar-refractivity contribution in [3.63, 3.8) is 0 Å². The number of carbonyl (C=O) groups excluding carboxylic acids is 1. The highest BCUT2D eigenvalue weighted by molar-refractivity contribution is 5.82. The molecule has 0 spiro atoms. The molecule has 0 aromatic carbocycles. The van der Waals surface area contributed by atoms with Crippen molar-refractivity contribution in [1.82, 2.24) is 0 Å². The van der Waals surface area contributed by atoms with Crippen molar-refractivity contribution in [3.8, 4) is 0 Å². The molecule has 0 amide bonds. The third-order valence-corrected chi connectivity index (χ3v) is 15.3. The Hall–Kier alpha value is -0.990. The third-order valence-electron chi connectivity index (χ3n) is 15.3. The van der Waals surface area contributed by atoms with E-state index in [-0.39, 0.29) is 69.5 Å². The molecular formula is C37H60O7. The molecule has 7 heteroatoms. The third kappa shape index (κ3) is 4.27. The van der Waals surface area contributed by atoms with Crippen LogP contribution in [0.25, 0.3) is 0 Å². The van der Waals surface area contributed by atoms with Gasteiger partial charge in [-0.25, -0.2) is 4.79 Å². The van der Waals surface area contributed by atoms with Gasteiger partial charge in [-0.2, -0.15) is 0 Å². The van der Waals surface area contributed by atoms with Gasteiger partial charge in [0.25, 0.3) is 0 Å². The molecule has 13 atom stereocenters. The Kier molecular flexibility index (Phi) is 7.86. The number of hydrogen-bond acceptors (Lipinski definition) is 7. The largest absolute Gasteiger partial charge is 0.459 e. The minimum Gasteiger partial charge on any atom is -0.459 e. The topological polar surface area (TPSA) is 94.5 Å². The van der Waals surface area contributed by atoms with Gasteiger partial charge in [-0.05, 0) is 119 Å². The van der Waals surface area contributed by atoms with Crippen LogP contribution in [0.3, 0.4) is 0 Å². The number of aliphatic hydroxyl groups excluding tert-OH is 2. The molecule has 6 rings (SSSR count). The average molecular weight is 617 g/mol. The van der Waals surface area contributed by atoms with E-state index in [4.69, 9.17) is 18.9 Å². The molecule has 0 aromatic heterocycles. The Bertz CT molecular complexity index is 1170. The Morgan fingerprint density at radius 3 is 2.34 bits per heavy atom. The Morgan fingerprint density at radius 2 is 1.70 bits per heavy atom. The molecule has 1 saturated heterocycles. The lowest BCUT2D eigenvalue weighted by atomic mass is 9.37. The van der Waals surface area contributed by atoms with Crippen LogP contribution < -0.4 is 0 Å². The Labute approximate surface area is 265 Å². The molecule has 1 aliphatic heterocycles. The number of esters is 1. The van der Waals surface area contributed by atoms with E-state index >= 15 is 0 Å². The van der Waals surface area contributed by atoms with Gasteiger partial charge in [-0.3, -0.25) is 0 Å². The number of ether oxygens (including phenoxy) is 4. The lowest BCUT2D eigenvalue weighted by Gasteiger charge is -2.68. The van der Waals surface area contributed by atoms with Crippen molar-refractivity contribution in [3.05, 3.63) is 11.6 Å². The molecule has 5 saturated carbocycles. The molecule has 0 radical (unpaired) electrons. The van der Waals surface area contributed by atoms with E-state index in [1.165, 1.54) is 12.8 Å². The smallest absolute Gasteiger partial charge is 0.330 e. The van der Waals surface area contributed by atoms with Crippen LogP contribution in [0.1, 0.15) is 113 Å². The van der Waals surface area contributed by atoms with Crippen molar-refractivity contribution < 1.29 is 34.0 Å². The standard InChI is InChI=1S/C37H60O7/c1-21(2)17-29(39)44-28-13-14-34(7)25-12-15-36-20-37(36,35(25,8)27(38)19-26(34)32(28,3)4)16-11-23(36)22-18-24(43-31(22)41-9)30(40)33(5,6)42-10/h17,22-28,30-31,38,40H,11-16,18-20H2,1-10H3/t22-,23-,24+,25+,26-,27+,28-,30?,31+,34+,35-,36+,37+/m0/s1. The van der Waals surface area contributed by atoms with E-state index < -0.39 is 11.7 Å². The van der Waals surface area contributed by atoms with Crippen LogP contribution in [0.4, 0.5) is 0 Å². The van der Waals surface area contributed by atoms with Gasteiger partial charge in [0.05, 0.1) is 17.8 Å². The van der Waals surface area contributed by atoms with Crippen molar-refractivity contribution in [2.45, 2.75) is 149 Å². The number of rotatable bonds is 7. The summed E-state index contributed by atoms with van der Waals surface area (Å²) in [5.41, 5.74) is 0.322. The van der Waals surface area contributed by atoms with Crippen LogP contribution in [0, 0.1) is 50.7 Å². The highest BCUT2D eigenvalue weighted by atomic mass is 16.7. The van der Waals surface area contributed by atoms with Crippen LogP contribution in [-0.2, 0) is 23.7 Å². The van der Waals surface area contributed by atoms with Crippen LogP contribution in [-0.4, -0.2) is 66.7 Å². The molecule has 5 aliphatic carbocycles. The fourth-order valence-corrected chi connectivity index (χ4v) is 12.9. The van der Waals surface area contributed by atoms with E-state index in [1.807, 2.05) is 27.7 Å². The van der Waals surface area contributed by atoms with Gasteiger partial charge < -0.3 is 29.2 Å². The number of allylic oxidation sites excluding steroid dienone is 1. The van der Waals surface area contributed by atoms with E-state index in [0.29, 0.717) is 11.8 Å². The summed E-state index contributed by atoms with van der Waals surface area (Å²) in [6, 6.07) is 0. The fraction of sp³-hybridized carbons (Fsp3) is 0.919. The monoisotopic (exact) mass is 616 g/mol. The summed E-state index contributed by atoms with van der Waals surface area (Å²) in [5, 5.41) is 23.5. The summed E-state index contributed by atoms with van der Waals surface area (Å²) < 4.78 is 24.1. The van der Waals surface area contributed by atoms with Gasteiger partial charge in [0.15, 0.2) is 6.29 Å². The van der Waals surface area contributed by atoms with Crippen LogP contribution in [0.5, 0.6) is 0 Å². The molecule has 0 bridgehead atoms. The van der Waals surface area contributed by atoms with Crippen molar-refractivity contribution >= 4 is 5.97 Å². The van der Waals surface area contributed by atoms with E-state index in [9.17, 15) is 15.0 Å². The van der Waals surface area contributed by atoms with Crippen LogP contribution in [0.2, 0.25) is 0 Å². The summed E-state index contributed by atoms with van der Waals surface area (Å²) >= 11 is 0. The highest BCUT2D eigenvalue weighted by Crippen LogP contribution is 2.91. The van der Waals surface area contributed by atoms with E-state index in [0.717, 1.165) is 50.5 Å². The summed E-state index contributed by atoms with van der Waals surface area (Å²) in [6.45, 7) is 17.2. The SMILES string of the molecule is CO[C@@H]1O[C@@H](C(O)C(C)(C)OC)C[C@H]1[C@@H]1CC[C@]23C[C@]12CC[C@@H]1[C@@]2(C)CC[C@H](OC(=O)C=C(C)C)C(C)(C)[C@@H]2C[C@@H](O)[C@]13C. The maximum atomic E-state index is 12.7. The second kappa shape index (κ2) is 10.5. The number of hydrogen-bond donors (Lipinski definition) is 2. The molecule has 1 heterocycles. The molecule has 7 nitrogen and oxygen atoms in total. The van der Waals surface area contributed by atoms with Crippen LogP contribution in [0.15, 0.2) is 11.6 Å². The normalized spacial score (nSPS) is 49.6. The Balaban J connectivity index is 1.26. The zero-order chi connectivity index (χ0) is 32.3. The lowest BCUT2D eigenvalue weighted by molar-refractivity contribution is -0.245. The molecule has 0 aromatic rings. The Morgan fingerprint density at radius 1 is 1.00 bits per heavy atom. The van der Waals surface area contributed by atoms with Crippen molar-refractivity contribution in [2.75, 3.05) is 14.2 Å². The van der Waals surface area contributed by atoms with Gasteiger partial charge in [-0.1, -0.05) is 33.3 Å². The quantitative estimate of drug-likeness (QED) is 0.251. The lowest BCUT2D eigenvalue weighted by Crippen LogP contribution is -2.66. The van der Waals surface area contributed by atoms with E-state index in [2.05, 4.69) is 27.7 Å². The number of fused-ring (bicyclic) bond motifs is 3. The second-order valence-corrected chi connectivity index (χ2v) is 17.7. The van der Waals surface area contributed by atoms with E-state index in [1.54, 1.807) is 20.3 Å². The molecule has 6 aliphatic rings. The minimum absolute atomic E-state index is 0.0883. The number of methoxy groups -OCH3 is 2. The zero-order valence-electron chi connectivity index (χ0n) is 29.1. The van der Waals surface area contributed by atoms with Crippen LogP contribution >= 0.6 is 0 Å². The molecule has 250 valence electrons. The first-order valence-electron chi connectivity index (χ1n) is 17.4. The van der Waals surface area contributed by atoms with Gasteiger partial charge in [-0.15, -0.1) is 0 Å².